The SMILES string of the molecule is NC1=CC(N)(c2cccc3cc4ccc5cc6ccccc6cc5c4cc23)CC(N)=C1. The van der Waals surface area contributed by atoms with Gasteiger partial charge in [0, 0.05) is 17.8 Å². The average Bonchev–Trinajstić information content (AvgIpc) is 2.75. The van der Waals surface area contributed by atoms with Gasteiger partial charge in [0.2, 0.25) is 0 Å². The Morgan fingerprint density at radius 3 is 1.97 bits per heavy atom. The van der Waals surface area contributed by atoms with Crippen LogP contribution < -0.4 is 17.2 Å². The van der Waals surface area contributed by atoms with Crippen LogP contribution in [0.5, 0.6) is 0 Å². The zero-order valence-corrected chi connectivity index (χ0v) is 17.1. The summed E-state index contributed by atoms with van der Waals surface area (Å²) in [7, 11) is 0. The van der Waals surface area contributed by atoms with Crippen molar-refractivity contribution in [2.75, 3.05) is 0 Å². The molecule has 3 nitrogen and oxygen atoms in total. The average molecular weight is 402 g/mol. The zero-order valence-electron chi connectivity index (χ0n) is 17.1. The van der Waals surface area contributed by atoms with E-state index in [2.05, 4.69) is 78.9 Å². The summed E-state index contributed by atoms with van der Waals surface area (Å²) in [4.78, 5) is 0. The fourth-order valence-corrected chi connectivity index (χ4v) is 5.09. The molecule has 5 aromatic carbocycles. The molecule has 0 amide bonds. The monoisotopic (exact) mass is 401 g/mol. The van der Waals surface area contributed by atoms with E-state index >= 15 is 0 Å². The summed E-state index contributed by atoms with van der Waals surface area (Å²) in [5.74, 6) is 0. The second-order valence-electron chi connectivity index (χ2n) is 8.67. The minimum Gasteiger partial charge on any atom is -0.402 e. The first-order valence-electron chi connectivity index (χ1n) is 10.5. The molecule has 6 N–H and O–H groups in total. The molecule has 0 spiro atoms. The fraction of sp³-hybridized carbons (Fsp3) is 0.0714. The molecule has 1 unspecified atom stereocenters. The highest BCUT2D eigenvalue weighted by Gasteiger charge is 2.30. The lowest BCUT2D eigenvalue weighted by atomic mass is 9.80. The van der Waals surface area contributed by atoms with Gasteiger partial charge in [-0.2, -0.15) is 0 Å². The molecule has 0 saturated heterocycles. The van der Waals surface area contributed by atoms with Crippen LogP contribution in [0.25, 0.3) is 43.1 Å². The Kier molecular flexibility index (Phi) is 3.68. The lowest BCUT2D eigenvalue weighted by Gasteiger charge is -2.31. The minimum atomic E-state index is -0.729. The number of hydrogen-bond acceptors (Lipinski definition) is 3. The summed E-state index contributed by atoms with van der Waals surface area (Å²) in [6.07, 6.45) is 4.27. The lowest BCUT2D eigenvalue weighted by Crippen LogP contribution is -2.39. The van der Waals surface area contributed by atoms with Crippen molar-refractivity contribution >= 4 is 43.1 Å². The summed E-state index contributed by atoms with van der Waals surface area (Å²) >= 11 is 0. The molecule has 0 radical (unpaired) electrons. The summed E-state index contributed by atoms with van der Waals surface area (Å²) in [5, 5.41) is 9.72. The molecule has 1 aliphatic carbocycles. The third kappa shape index (κ3) is 2.78. The summed E-state index contributed by atoms with van der Waals surface area (Å²) in [6.45, 7) is 0. The molecule has 5 aromatic rings. The van der Waals surface area contributed by atoms with Crippen LogP contribution in [-0.2, 0) is 5.54 Å². The summed E-state index contributed by atoms with van der Waals surface area (Å²) in [6, 6.07) is 28.3. The largest absolute Gasteiger partial charge is 0.402 e. The van der Waals surface area contributed by atoms with E-state index in [1.807, 2.05) is 6.08 Å². The first-order chi connectivity index (χ1) is 15.0. The Morgan fingerprint density at radius 2 is 1.23 bits per heavy atom. The van der Waals surface area contributed by atoms with E-state index in [1.54, 1.807) is 6.08 Å². The number of nitrogens with two attached hydrogens (primary N) is 3. The second-order valence-corrected chi connectivity index (χ2v) is 8.67. The van der Waals surface area contributed by atoms with E-state index < -0.39 is 5.54 Å². The van der Waals surface area contributed by atoms with Gasteiger partial charge in [-0.25, -0.2) is 0 Å². The topological polar surface area (TPSA) is 78.1 Å². The van der Waals surface area contributed by atoms with Crippen LogP contribution in [0, 0.1) is 0 Å². The quantitative estimate of drug-likeness (QED) is 0.255. The van der Waals surface area contributed by atoms with Crippen molar-refractivity contribution in [1.82, 2.24) is 0 Å². The maximum atomic E-state index is 6.88. The molecule has 0 heterocycles. The Bertz CT molecular complexity index is 1590. The van der Waals surface area contributed by atoms with Gasteiger partial charge in [-0.15, -0.1) is 0 Å². The fourth-order valence-electron chi connectivity index (χ4n) is 5.09. The van der Waals surface area contributed by atoms with E-state index in [4.69, 9.17) is 17.2 Å². The first-order valence-corrected chi connectivity index (χ1v) is 10.5. The van der Waals surface area contributed by atoms with E-state index in [0.717, 1.165) is 16.3 Å². The number of benzene rings is 5. The molecule has 150 valence electrons. The van der Waals surface area contributed by atoms with Crippen LogP contribution in [0.3, 0.4) is 0 Å². The number of fused-ring (bicyclic) bond motifs is 5. The lowest BCUT2D eigenvalue weighted by molar-refractivity contribution is 0.545. The maximum Gasteiger partial charge on any atom is 0.0679 e. The Balaban J connectivity index is 1.69. The Hall–Kier alpha value is -3.82. The van der Waals surface area contributed by atoms with Gasteiger partial charge in [-0.05, 0) is 85.1 Å². The maximum absolute atomic E-state index is 6.88. The van der Waals surface area contributed by atoms with E-state index in [1.165, 1.54) is 32.3 Å². The Morgan fingerprint density at radius 1 is 0.613 bits per heavy atom. The predicted molar refractivity (Wildman–Crippen MR) is 131 cm³/mol. The van der Waals surface area contributed by atoms with Gasteiger partial charge < -0.3 is 17.2 Å². The van der Waals surface area contributed by atoms with Gasteiger partial charge in [0.05, 0.1) is 5.54 Å². The molecule has 1 atom stereocenters. The normalized spacial score (nSPS) is 19.1. The van der Waals surface area contributed by atoms with Gasteiger partial charge in [0.15, 0.2) is 0 Å². The highest BCUT2D eigenvalue weighted by atomic mass is 14.8. The third-order valence-corrected chi connectivity index (χ3v) is 6.48. The van der Waals surface area contributed by atoms with Crippen LogP contribution in [0.15, 0.2) is 102 Å². The van der Waals surface area contributed by atoms with Crippen molar-refractivity contribution in [3.05, 3.63) is 108 Å². The van der Waals surface area contributed by atoms with Crippen molar-refractivity contribution < 1.29 is 0 Å². The molecule has 0 aromatic heterocycles. The van der Waals surface area contributed by atoms with Crippen molar-refractivity contribution in [1.29, 1.82) is 0 Å². The van der Waals surface area contributed by atoms with Gasteiger partial charge in [0.1, 0.15) is 0 Å². The molecule has 6 rings (SSSR count). The standard InChI is InChI=1S/C28H23N3/c29-22-13-23(30)16-28(31,15-22)27-7-3-6-19-11-21-9-8-20-10-17-4-1-2-5-18(17)12-24(20)25(21)14-26(19)27/h1-15H,16,29-31H2. The number of allylic oxidation sites excluding steroid dienone is 1. The van der Waals surface area contributed by atoms with Crippen LogP contribution in [-0.4, -0.2) is 0 Å². The molecule has 0 fully saturated rings. The molecule has 1 aliphatic rings. The van der Waals surface area contributed by atoms with Gasteiger partial charge >= 0.3 is 0 Å². The molecular weight excluding hydrogens is 378 g/mol. The molecule has 3 heteroatoms. The summed E-state index contributed by atoms with van der Waals surface area (Å²) < 4.78 is 0. The molecule has 0 bridgehead atoms. The molecular formula is C28H23N3. The first kappa shape index (κ1) is 18.0. The van der Waals surface area contributed by atoms with E-state index in [0.29, 0.717) is 17.8 Å². The van der Waals surface area contributed by atoms with Crippen LogP contribution in [0.2, 0.25) is 0 Å². The second kappa shape index (κ2) is 6.34. The molecule has 31 heavy (non-hydrogen) atoms. The Labute approximate surface area is 180 Å². The number of hydrogen-bond donors (Lipinski definition) is 3. The van der Waals surface area contributed by atoms with Gasteiger partial charge in [0.25, 0.3) is 0 Å². The van der Waals surface area contributed by atoms with Crippen molar-refractivity contribution in [3.63, 3.8) is 0 Å². The third-order valence-electron chi connectivity index (χ3n) is 6.48. The van der Waals surface area contributed by atoms with E-state index in [-0.39, 0.29) is 0 Å². The summed E-state index contributed by atoms with van der Waals surface area (Å²) in [5.41, 5.74) is 20.8. The predicted octanol–water partition coefficient (Wildman–Crippen LogP) is 5.54. The highest BCUT2D eigenvalue weighted by molar-refractivity contribution is 6.15. The smallest absolute Gasteiger partial charge is 0.0679 e. The van der Waals surface area contributed by atoms with Gasteiger partial charge in [-0.3, -0.25) is 0 Å². The van der Waals surface area contributed by atoms with Crippen LogP contribution >= 0.6 is 0 Å². The zero-order chi connectivity index (χ0) is 21.2. The van der Waals surface area contributed by atoms with Crippen LogP contribution in [0.4, 0.5) is 0 Å². The van der Waals surface area contributed by atoms with Crippen molar-refractivity contribution in [2.24, 2.45) is 17.2 Å². The number of rotatable bonds is 1. The molecule has 0 saturated carbocycles. The van der Waals surface area contributed by atoms with Crippen LogP contribution in [0.1, 0.15) is 12.0 Å². The van der Waals surface area contributed by atoms with Crippen molar-refractivity contribution in [2.45, 2.75) is 12.0 Å². The van der Waals surface area contributed by atoms with Gasteiger partial charge in [-0.1, -0.05) is 54.6 Å². The van der Waals surface area contributed by atoms with E-state index in [9.17, 15) is 0 Å². The minimum absolute atomic E-state index is 0.547. The highest BCUT2D eigenvalue weighted by Crippen LogP contribution is 2.38. The molecule has 0 aliphatic heterocycles. The van der Waals surface area contributed by atoms with Crippen molar-refractivity contribution in [3.8, 4) is 0 Å².